The van der Waals surface area contributed by atoms with Gasteiger partial charge in [0.25, 0.3) is 0 Å². The molecule has 0 saturated heterocycles. The molecule has 8 rings (SSSR count). The maximum absolute atomic E-state index is 14.1. The van der Waals surface area contributed by atoms with Crippen LogP contribution in [0.1, 0.15) is 18.3 Å². The number of hydrogen-bond donors (Lipinski definition) is 4. The second-order valence-corrected chi connectivity index (χ2v) is 13.0. The van der Waals surface area contributed by atoms with Gasteiger partial charge in [-0.3, -0.25) is 10.2 Å². The van der Waals surface area contributed by atoms with Gasteiger partial charge in [0.15, 0.2) is 10.3 Å². The van der Waals surface area contributed by atoms with E-state index >= 15 is 0 Å². The third-order valence-electron chi connectivity index (χ3n) is 7.52. The van der Waals surface area contributed by atoms with Crippen LogP contribution in [0, 0.1) is 25.5 Å². The molecule has 0 fully saturated rings. The molecule has 0 aliphatic rings. The van der Waals surface area contributed by atoms with Crippen LogP contribution in [0.3, 0.4) is 0 Å². The minimum Gasteiger partial charge on any atom is -0.493 e. The predicted molar refractivity (Wildman–Crippen MR) is 201 cm³/mol. The van der Waals surface area contributed by atoms with Gasteiger partial charge < -0.3 is 15.4 Å². The maximum atomic E-state index is 14.1. The highest BCUT2D eigenvalue weighted by molar-refractivity contribution is 7.14. The number of hydrogen-bond acceptors (Lipinski definition) is 13. The number of nitrogens with one attached hydrogen (secondary N) is 4. The van der Waals surface area contributed by atoms with Gasteiger partial charge in [-0.15, -0.1) is 22.7 Å². The van der Waals surface area contributed by atoms with Crippen LogP contribution in [0.2, 0.25) is 0 Å². The summed E-state index contributed by atoms with van der Waals surface area (Å²) in [6.45, 7) is 6.36. The highest BCUT2D eigenvalue weighted by Gasteiger charge is 2.18. The summed E-state index contributed by atoms with van der Waals surface area (Å²) in [7, 11) is 0. The molecule has 0 bridgehead atoms. The number of aromatic amines is 2. The number of halogens is 2. The van der Waals surface area contributed by atoms with Crippen LogP contribution < -0.4 is 15.4 Å². The molecular formula is C36H30F2N12OS2. The van der Waals surface area contributed by atoms with Gasteiger partial charge in [0.2, 0.25) is 11.9 Å². The first-order chi connectivity index (χ1) is 25.8. The van der Waals surface area contributed by atoms with Gasteiger partial charge in [0.1, 0.15) is 17.4 Å². The lowest BCUT2D eigenvalue weighted by Crippen LogP contribution is -1.97. The molecule has 4 N–H and O–H groups in total. The van der Waals surface area contributed by atoms with Gasteiger partial charge in [-0.2, -0.15) is 10.2 Å². The molecule has 0 spiro atoms. The van der Waals surface area contributed by atoms with Crippen LogP contribution >= 0.6 is 22.7 Å². The number of rotatable bonds is 10. The minimum absolute atomic E-state index is 0.225. The fourth-order valence-electron chi connectivity index (χ4n) is 5.14. The van der Waals surface area contributed by atoms with Crippen molar-refractivity contribution in [1.82, 2.24) is 50.3 Å². The minimum atomic E-state index is -0.669. The third-order valence-corrected chi connectivity index (χ3v) is 9.04. The average Bonchev–Trinajstić information content (AvgIpc) is 3.97. The Morgan fingerprint density at radius 3 is 1.79 bits per heavy atom. The number of ether oxygens (including phenoxy) is 1. The molecule has 6 aromatic heterocycles. The number of anilines is 4. The fourth-order valence-corrected chi connectivity index (χ4v) is 6.55. The van der Waals surface area contributed by atoms with E-state index in [1.807, 2.05) is 61.9 Å². The van der Waals surface area contributed by atoms with Crippen molar-refractivity contribution in [2.75, 3.05) is 17.2 Å². The zero-order valence-electron chi connectivity index (χ0n) is 28.4. The number of H-pyrrole nitrogens is 2. The van der Waals surface area contributed by atoms with Gasteiger partial charge >= 0.3 is 0 Å². The molecule has 0 aliphatic carbocycles. The van der Waals surface area contributed by atoms with Crippen LogP contribution in [-0.4, -0.2) is 56.9 Å². The summed E-state index contributed by atoms with van der Waals surface area (Å²) in [5, 5.41) is 25.3. The van der Waals surface area contributed by atoms with Crippen molar-refractivity contribution < 1.29 is 13.5 Å². The van der Waals surface area contributed by atoms with E-state index in [9.17, 15) is 8.78 Å². The van der Waals surface area contributed by atoms with Crippen LogP contribution in [0.25, 0.3) is 45.0 Å². The van der Waals surface area contributed by atoms with Crippen LogP contribution in [0.15, 0.2) is 90.1 Å². The molecule has 8 aromatic rings. The van der Waals surface area contributed by atoms with E-state index in [0.29, 0.717) is 40.6 Å². The van der Waals surface area contributed by atoms with Crippen molar-refractivity contribution in [1.29, 1.82) is 0 Å². The normalized spacial score (nSPS) is 10.8. The summed E-state index contributed by atoms with van der Waals surface area (Å²) in [6, 6.07) is 15.0. The van der Waals surface area contributed by atoms with E-state index in [2.05, 4.69) is 60.9 Å². The van der Waals surface area contributed by atoms with Gasteiger partial charge in [-0.05, 0) is 57.2 Å². The molecule has 266 valence electrons. The molecule has 0 atom stereocenters. The van der Waals surface area contributed by atoms with E-state index in [1.54, 1.807) is 30.9 Å². The molecule has 6 heterocycles. The molecule has 0 unspecified atom stereocenters. The summed E-state index contributed by atoms with van der Waals surface area (Å²) < 4.78 is 33.0. The Hall–Kier alpha value is -6.46. The number of nitrogens with zero attached hydrogens (tertiary/aromatic N) is 8. The molecule has 2 aromatic carbocycles. The summed E-state index contributed by atoms with van der Waals surface area (Å²) >= 11 is 2.85. The number of benzene rings is 2. The van der Waals surface area contributed by atoms with Crippen molar-refractivity contribution in [2.24, 2.45) is 0 Å². The highest BCUT2D eigenvalue weighted by Crippen LogP contribution is 2.37. The molecule has 13 nitrogen and oxygen atoms in total. The predicted octanol–water partition coefficient (Wildman–Crippen LogP) is 8.76. The molecule has 0 aliphatic heterocycles. The number of thiazole rings is 2. The Morgan fingerprint density at radius 2 is 1.25 bits per heavy atom. The number of aromatic nitrogens is 10. The zero-order valence-corrected chi connectivity index (χ0v) is 30.1. The first-order valence-electron chi connectivity index (χ1n) is 16.1. The fraction of sp³-hybridized carbons (Fsp3) is 0.111. The first-order valence-corrected chi connectivity index (χ1v) is 17.9. The zero-order chi connectivity index (χ0) is 36.7. The SMILES string of the molecule is CCOc1ccccc1-c1[nH]ncc1-c1csc(Nc2nccc(C)n2)n1.Cc1ccnc(Nc2nc(-c3cn[nH]c3-c3ccc(F)cc3F)cs2)n1. The Bertz CT molecular complexity index is 2480. The summed E-state index contributed by atoms with van der Waals surface area (Å²) in [6.07, 6.45) is 6.71. The Morgan fingerprint density at radius 1 is 0.679 bits per heavy atom. The third kappa shape index (κ3) is 8.21. The molecule has 0 saturated carbocycles. The summed E-state index contributed by atoms with van der Waals surface area (Å²) in [5.74, 6) is 0.489. The standard InChI is InChI=1S/C19H18N6OS.C17H12F2N6S/c1-3-26-16-7-5-4-6-13(16)17-14(10-21-25-17)15-11-27-19(23-15)24-18-20-9-8-12(2)22-18;1-9-4-5-20-16(22-9)24-17-23-14(8-26-17)12-7-21-25-15(12)11-3-2-10(18)6-13(11)19/h4-11H,3H2,1-2H3,(H,21,25)(H,20,22,23,24);2-8H,1H3,(H,21,25)(H,20,22,23,24). The van der Waals surface area contributed by atoms with Gasteiger partial charge in [0.05, 0.1) is 41.8 Å². The number of aryl methyl sites for hydroxylation is 2. The van der Waals surface area contributed by atoms with E-state index in [4.69, 9.17) is 4.74 Å². The molecule has 53 heavy (non-hydrogen) atoms. The molecule has 17 heteroatoms. The topological polar surface area (TPSA) is 168 Å². The molecule has 0 amide bonds. The van der Waals surface area contributed by atoms with Crippen molar-refractivity contribution in [3.63, 3.8) is 0 Å². The van der Waals surface area contributed by atoms with E-state index in [-0.39, 0.29) is 5.56 Å². The summed E-state index contributed by atoms with van der Waals surface area (Å²) in [5.41, 5.74) is 7.19. The van der Waals surface area contributed by atoms with Crippen molar-refractivity contribution in [2.45, 2.75) is 20.8 Å². The molecule has 0 radical (unpaired) electrons. The van der Waals surface area contributed by atoms with E-state index in [0.717, 1.165) is 50.9 Å². The van der Waals surface area contributed by atoms with Crippen LogP contribution in [-0.2, 0) is 0 Å². The lowest BCUT2D eigenvalue weighted by atomic mass is 10.1. The summed E-state index contributed by atoms with van der Waals surface area (Å²) in [4.78, 5) is 26.1. The monoisotopic (exact) mass is 748 g/mol. The Balaban J connectivity index is 0.000000164. The van der Waals surface area contributed by atoms with Crippen molar-refractivity contribution in [3.8, 4) is 50.8 Å². The van der Waals surface area contributed by atoms with Crippen molar-refractivity contribution >= 4 is 44.8 Å². The van der Waals surface area contributed by atoms with Gasteiger partial charge in [-0.1, -0.05) is 12.1 Å². The molecular weight excluding hydrogens is 719 g/mol. The van der Waals surface area contributed by atoms with Gasteiger partial charge in [0, 0.05) is 62.9 Å². The second-order valence-electron chi connectivity index (χ2n) is 11.2. The lowest BCUT2D eigenvalue weighted by molar-refractivity contribution is 0.341. The second kappa shape index (κ2) is 15.8. The van der Waals surface area contributed by atoms with Crippen LogP contribution in [0.5, 0.6) is 5.75 Å². The van der Waals surface area contributed by atoms with E-state index < -0.39 is 11.6 Å². The Labute approximate surface area is 309 Å². The quantitative estimate of drug-likeness (QED) is 0.106. The smallest absolute Gasteiger partial charge is 0.229 e. The maximum Gasteiger partial charge on any atom is 0.229 e. The average molecular weight is 749 g/mol. The lowest BCUT2D eigenvalue weighted by Gasteiger charge is -2.09. The Kier molecular flexibility index (Phi) is 10.4. The highest BCUT2D eigenvalue weighted by atomic mass is 32.1. The van der Waals surface area contributed by atoms with Crippen LogP contribution in [0.4, 0.5) is 30.9 Å². The van der Waals surface area contributed by atoms with E-state index in [1.165, 1.54) is 34.8 Å². The largest absolute Gasteiger partial charge is 0.493 e. The van der Waals surface area contributed by atoms with Gasteiger partial charge in [-0.25, -0.2) is 38.7 Å². The first kappa shape index (κ1) is 35.0. The van der Waals surface area contributed by atoms with Crippen molar-refractivity contribution in [3.05, 3.63) is 113 Å². The number of para-hydroxylation sites is 1.